The zero-order valence-electron chi connectivity index (χ0n) is 14.1. The number of fused-ring (bicyclic) bond motifs is 1. The molecule has 0 aromatic carbocycles. The number of rotatable bonds is 4. The number of carbonyl (C=O) groups excluding carboxylic acids is 2. The van der Waals surface area contributed by atoms with Crippen molar-refractivity contribution in [1.82, 2.24) is 19.2 Å². The quantitative estimate of drug-likeness (QED) is 0.831. The molecule has 0 aliphatic rings. The first-order valence-corrected chi connectivity index (χ1v) is 7.15. The molecule has 25 heavy (non-hydrogen) atoms. The molecule has 0 saturated carbocycles. The Kier molecular flexibility index (Phi) is 4.91. The minimum atomic E-state index is -4.84. The highest BCUT2D eigenvalue weighted by molar-refractivity contribution is 5.97. The van der Waals surface area contributed by atoms with Gasteiger partial charge in [0.25, 0.3) is 5.91 Å². The topological polar surface area (TPSA) is 67.2 Å². The fourth-order valence-corrected chi connectivity index (χ4v) is 2.20. The van der Waals surface area contributed by atoms with Crippen LogP contribution in [0.25, 0.3) is 5.65 Å². The lowest BCUT2D eigenvalue weighted by Gasteiger charge is -2.20. The normalized spacial score (nSPS) is 11.5. The van der Waals surface area contributed by atoms with E-state index < -0.39 is 29.4 Å². The van der Waals surface area contributed by atoms with E-state index in [1.807, 2.05) is 0 Å². The van der Waals surface area contributed by atoms with Crippen LogP contribution >= 0.6 is 0 Å². The Morgan fingerprint density at radius 1 is 1.28 bits per heavy atom. The van der Waals surface area contributed by atoms with Crippen LogP contribution < -0.4 is 4.74 Å². The number of halogens is 3. The van der Waals surface area contributed by atoms with Crippen molar-refractivity contribution >= 4 is 17.5 Å². The summed E-state index contributed by atoms with van der Waals surface area (Å²) >= 11 is 0. The van der Waals surface area contributed by atoms with E-state index in [0.717, 1.165) is 9.30 Å². The number of hydrogen-bond donors (Lipinski definition) is 0. The maximum Gasteiger partial charge on any atom is 0.435 e. The van der Waals surface area contributed by atoms with E-state index in [4.69, 9.17) is 4.74 Å². The predicted molar refractivity (Wildman–Crippen MR) is 82.4 cm³/mol. The number of imidazole rings is 1. The zero-order chi connectivity index (χ0) is 18.9. The second-order valence-corrected chi connectivity index (χ2v) is 5.53. The Hall–Kier alpha value is -2.78. The third-order valence-corrected chi connectivity index (χ3v) is 3.52. The maximum absolute atomic E-state index is 13.4. The van der Waals surface area contributed by atoms with Crippen molar-refractivity contribution in [3.05, 3.63) is 29.7 Å². The van der Waals surface area contributed by atoms with Gasteiger partial charge in [0.1, 0.15) is 5.69 Å². The third-order valence-electron chi connectivity index (χ3n) is 3.52. The molecular weight excluding hydrogens is 341 g/mol. The van der Waals surface area contributed by atoms with Crippen LogP contribution in [0.4, 0.5) is 13.2 Å². The lowest BCUT2D eigenvalue weighted by molar-refractivity contribution is -0.141. The molecule has 0 aliphatic heterocycles. The first-order valence-electron chi connectivity index (χ1n) is 7.15. The average Bonchev–Trinajstić information content (AvgIpc) is 2.93. The summed E-state index contributed by atoms with van der Waals surface area (Å²) in [6.45, 7) is -0.361. The van der Waals surface area contributed by atoms with Crippen molar-refractivity contribution in [3.8, 4) is 5.75 Å². The Morgan fingerprint density at radius 3 is 2.44 bits per heavy atom. The first kappa shape index (κ1) is 18.6. The minimum Gasteiger partial charge on any atom is -0.493 e. The lowest BCUT2D eigenvalue weighted by Crippen LogP contribution is -2.38. The lowest BCUT2D eigenvalue weighted by atomic mass is 10.2. The average molecular weight is 358 g/mol. The molecule has 2 heterocycles. The summed E-state index contributed by atoms with van der Waals surface area (Å²) in [5, 5.41) is 0. The summed E-state index contributed by atoms with van der Waals surface area (Å²) < 4.78 is 46.1. The highest BCUT2D eigenvalue weighted by atomic mass is 19.4. The van der Waals surface area contributed by atoms with Crippen LogP contribution in [-0.2, 0) is 11.0 Å². The predicted octanol–water partition coefficient (Wildman–Crippen LogP) is 1.52. The molecule has 136 valence electrons. The Balaban J connectivity index is 2.58. The number of pyridine rings is 1. The molecule has 10 heteroatoms. The maximum atomic E-state index is 13.4. The van der Waals surface area contributed by atoms with Gasteiger partial charge in [-0.2, -0.15) is 13.2 Å². The van der Waals surface area contributed by atoms with Crippen LogP contribution in [0.5, 0.6) is 5.75 Å². The fourth-order valence-electron chi connectivity index (χ4n) is 2.20. The van der Waals surface area contributed by atoms with Gasteiger partial charge in [-0.15, -0.1) is 0 Å². The van der Waals surface area contributed by atoms with Gasteiger partial charge in [0.15, 0.2) is 17.1 Å². The van der Waals surface area contributed by atoms with Gasteiger partial charge in [-0.25, -0.2) is 4.98 Å². The molecule has 0 aliphatic carbocycles. The van der Waals surface area contributed by atoms with Gasteiger partial charge < -0.3 is 14.5 Å². The van der Waals surface area contributed by atoms with Gasteiger partial charge >= 0.3 is 6.18 Å². The number of alkyl halides is 3. The summed E-state index contributed by atoms with van der Waals surface area (Å²) in [5.74, 6) is -1.29. The molecule has 0 unspecified atom stereocenters. The fraction of sp³-hybridized carbons (Fsp3) is 0.400. The number of aromatic nitrogens is 2. The summed E-state index contributed by atoms with van der Waals surface area (Å²) in [6, 6.07) is 2.88. The van der Waals surface area contributed by atoms with Gasteiger partial charge in [0, 0.05) is 27.3 Å². The number of amides is 2. The number of methoxy groups -OCH3 is 1. The van der Waals surface area contributed by atoms with E-state index in [1.165, 1.54) is 51.5 Å². The van der Waals surface area contributed by atoms with E-state index in [-0.39, 0.29) is 17.9 Å². The van der Waals surface area contributed by atoms with Crippen LogP contribution in [0.2, 0.25) is 0 Å². The van der Waals surface area contributed by atoms with Crippen molar-refractivity contribution in [1.29, 1.82) is 0 Å². The molecule has 0 N–H and O–H groups in total. The van der Waals surface area contributed by atoms with Crippen LogP contribution in [-0.4, -0.2) is 65.8 Å². The second kappa shape index (κ2) is 6.61. The SMILES string of the molecule is COc1cccn2c(C(=O)N(C)CC(=O)N(C)C)c(C(F)(F)F)nc12. The van der Waals surface area contributed by atoms with Crippen LogP contribution in [0.3, 0.4) is 0 Å². The minimum absolute atomic E-state index is 0.0964. The summed E-state index contributed by atoms with van der Waals surface area (Å²) in [6.07, 6.45) is -3.55. The molecular formula is C15H17F3N4O3. The molecule has 0 fully saturated rings. The number of ether oxygens (including phenoxy) is 1. The molecule has 2 aromatic heterocycles. The molecule has 0 bridgehead atoms. The van der Waals surface area contributed by atoms with Crippen molar-refractivity contribution < 1.29 is 27.5 Å². The van der Waals surface area contributed by atoms with E-state index in [1.54, 1.807) is 0 Å². The van der Waals surface area contributed by atoms with Crippen molar-refractivity contribution in [2.45, 2.75) is 6.18 Å². The highest BCUT2D eigenvalue weighted by Gasteiger charge is 2.41. The summed E-state index contributed by atoms with van der Waals surface area (Å²) in [4.78, 5) is 30.0. The molecule has 0 atom stereocenters. The molecule has 0 saturated heterocycles. The van der Waals surface area contributed by atoms with Crippen LogP contribution in [0.15, 0.2) is 18.3 Å². The van der Waals surface area contributed by atoms with Gasteiger partial charge in [-0.05, 0) is 12.1 Å². The molecule has 0 radical (unpaired) electrons. The Labute approximate surface area is 141 Å². The van der Waals surface area contributed by atoms with E-state index in [2.05, 4.69) is 4.98 Å². The summed E-state index contributed by atoms with van der Waals surface area (Å²) in [7, 11) is 5.52. The Morgan fingerprint density at radius 2 is 1.92 bits per heavy atom. The molecule has 2 rings (SSSR count). The van der Waals surface area contributed by atoms with E-state index >= 15 is 0 Å². The van der Waals surface area contributed by atoms with E-state index in [9.17, 15) is 22.8 Å². The zero-order valence-corrected chi connectivity index (χ0v) is 14.1. The first-order chi connectivity index (χ1) is 11.6. The van der Waals surface area contributed by atoms with Crippen molar-refractivity contribution in [2.75, 3.05) is 34.8 Å². The van der Waals surface area contributed by atoms with Gasteiger partial charge in [-0.1, -0.05) is 0 Å². The highest BCUT2D eigenvalue weighted by Crippen LogP contribution is 2.34. The van der Waals surface area contributed by atoms with Crippen molar-refractivity contribution in [2.24, 2.45) is 0 Å². The summed E-state index contributed by atoms with van der Waals surface area (Å²) in [5.41, 5.74) is -2.13. The molecule has 2 aromatic rings. The second-order valence-electron chi connectivity index (χ2n) is 5.53. The monoisotopic (exact) mass is 358 g/mol. The van der Waals surface area contributed by atoms with Gasteiger partial charge in [-0.3, -0.25) is 14.0 Å². The number of hydrogen-bond acceptors (Lipinski definition) is 4. The molecule has 7 nitrogen and oxygen atoms in total. The number of carbonyl (C=O) groups is 2. The number of nitrogens with zero attached hydrogens (tertiary/aromatic N) is 4. The van der Waals surface area contributed by atoms with E-state index in [0.29, 0.717) is 0 Å². The largest absolute Gasteiger partial charge is 0.493 e. The smallest absolute Gasteiger partial charge is 0.435 e. The Bertz CT molecular complexity index is 814. The molecule has 0 spiro atoms. The van der Waals surface area contributed by atoms with Crippen molar-refractivity contribution in [3.63, 3.8) is 0 Å². The molecule has 2 amide bonds. The number of likely N-dealkylation sites (N-methyl/N-ethyl adjacent to an activating group) is 2. The van der Waals surface area contributed by atoms with Gasteiger partial charge in [0.05, 0.1) is 13.7 Å². The standard InChI is InChI=1S/C15H17F3N4O3/c1-20(2)10(23)8-21(3)14(24)11-12(15(16,17)18)19-13-9(25-4)6-5-7-22(11)13/h5-7H,8H2,1-4H3. The van der Waals surface area contributed by atoms with Crippen LogP contribution in [0.1, 0.15) is 16.2 Å². The van der Waals surface area contributed by atoms with Crippen LogP contribution in [0, 0.1) is 0 Å². The third kappa shape index (κ3) is 3.52. The van der Waals surface area contributed by atoms with Gasteiger partial charge in [0.2, 0.25) is 5.91 Å².